The van der Waals surface area contributed by atoms with Crippen LogP contribution in [0.25, 0.3) is 0 Å². The minimum atomic E-state index is -2.25. The third-order valence-corrected chi connectivity index (χ3v) is 7.51. The third kappa shape index (κ3) is 3.95. The van der Waals surface area contributed by atoms with Crippen molar-refractivity contribution < 1.29 is 54.1 Å². The van der Waals surface area contributed by atoms with E-state index < -0.39 is 83.5 Å². The van der Waals surface area contributed by atoms with Gasteiger partial charge in [0.2, 0.25) is 5.78 Å². The van der Waals surface area contributed by atoms with Gasteiger partial charge in [-0.2, -0.15) is 0 Å². The Kier molecular flexibility index (Phi) is 6.38. The highest BCUT2D eigenvalue weighted by Crippen LogP contribution is 2.52. The fourth-order valence-electron chi connectivity index (χ4n) is 5.54. The van der Waals surface area contributed by atoms with Gasteiger partial charge in [-0.25, -0.2) is 0 Å². The first-order valence-corrected chi connectivity index (χ1v) is 12.1. The molecule has 0 bridgehead atoms. The molecule has 5 rings (SSSR count). The molecule has 206 valence electrons. The number of nitrogens with two attached hydrogens (primary N) is 1. The summed E-state index contributed by atoms with van der Waals surface area (Å²) in [6, 6.07) is 4.35. The van der Waals surface area contributed by atoms with Crippen LogP contribution in [0.3, 0.4) is 0 Å². The van der Waals surface area contributed by atoms with E-state index in [0.29, 0.717) is 0 Å². The van der Waals surface area contributed by atoms with E-state index in [1.807, 2.05) is 0 Å². The first kappa shape index (κ1) is 26.6. The number of hydrogen-bond donors (Lipinski definition) is 6. The van der Waals surface area contributed by atoms with Crippen molar-refractivity contribution >= 4 is 17.3 Å². The summed E-state index contributed by atoms with van der Waals surface area (Å²) in [7, 11) is 1.32. The number of benzene rings is 2. The van der Waals surface area contributed by atoms with E-state index in [4.69, 9.17) is 19.9 Å². The van der Waals surface area contributed by atoms with Gasteiger partial charge in [0.05, 0.1) is 35.6 Å². The van der Waals surface area contributed by atoms with Crippen LogP contribution >= 0.6 is 0 Å². The summed E-state index contributed by atoms with van der Waals surface area (Å²) >= 11 is 0. The summed E-state index contributed by atoms with van der Waals surface area (Å²) in [5.74, 6) is -4.01. The number of rotatable bonds is 5. The Bertz CT molecular complexity index is 1460. The Morgan fingerprint density at radius 1 is 1.13 bits per heavy atom. The molecule has 2 aromatic carbocycles. The quantitative estimate of drug-likeness (QED) is 0.251. The van der Waals surface area contributed by atoms with E-state index in [2.05, 4.69) is 0 Å². The average molecular weight is 542 g/mol. The largest absolute Gasteiger partial charge is 0.508 e. The maximum absolute atomic E-state index is 13.6. The second-order valence-electron chi connectivity index (χ2n) is 9.82. The topological polar surface area (TPSA) is 206 Å². The number of Topliss-reactive ketones (excluding diaryl/α,β-unsaturated/α-hetero) is 1. The Balaban J connectivity index is 1.70. The molecule has 2 aliphatic carbocycles. The van der Waals surface area contributed by atoms with Gasteiger partial charge in [0.1, 0.15) is 41.3 Å². The van der Waals surface area contributed by atoms with Crippen molar-refractivity contribution in [3.8, 4) is 17.2 Å². The molecule has 1 unspecified atom stereocenters. The lowest BCUT2D eigenvalue weighted by atomic mass is 9.72. The number of aliphatic hydroxyl groups excluding tert-OH is 2. The van der Waals surface area contributed by atoms with Crippen LogP contribution in [0.1, 0.15) is 68.8 Å². The molecule has 0 fully saturated rings. The molecule has 0 saturated carbocycles. The molecule has 3 aliphatic rings. The molecule has 0 aromatic heterocycles. The molecule has 1 heterocycles. The zero-order valence-electron chi connectivity index (χ0n) is 21.1. The van der Waals surface area contributed by atoms with Crippen molar-refractivity contribution in [1.29, 1.82) is 0 Å². The third-order valence-electron chi connectivity index (χ3n) is 7.51. The van der Waals surface area contributed by atoms with Gasteiger partial charge in [0.15, 0.2) is 17.9 Å². The van der Waals surface area contributed by atoms with E-state index in [1.54, 1.807) is 0 Å². The van der Waals surface area contributed by atoms with Crippen LogP contribution in [0.2, 0.25) is 0 Å². The standard InChI is InChI=1S/C27H27NO11/c1-10-22(31)13(28)6-17(38-10)39-15-8-27(36,16(30)9-29)7-12-19(15)26(35)21-20(24(12)33)23(32)11-4-3-5-14(37-2)18(11)25(21)34/h3-5,10,15,17,29,31,33,35-36H,6-9,28H2,1-2H3/t10?,15-,17+,27-/m0/s1. The van der Waals surface area contributed by atoms with E-state index >= 15 is 0 Å². The first-order chi connectivity index (χ1) is 18.4. The van der Waals surface area contributed by atoms with Crippen molar-refractivity contribution in [2.24, 2.45) is 5.73 Å². The van der Waals surface area contributed by atoms with Gasteiger partial charge in [0, 0.05) is 36.0 Å². The van der Waals surface area contributed by atoms with Crippen molar-refractivity contribution in [2.45, 2.75) is 50.3 Å². The molecular formula is C27H27NO11. The van der Waals surface area contributed by atoms with Crippen molar-refractivity contribution in [3.63, 3.8) is 0 Å². The van der Waals surface area contributed by atoms with E-state index in [0.717, 1.165) is 0 Å². The predicted molar refractivity (Wildman–Crippen MR) is 132 cm³/mol. The molecule has 4 atom stereocenters. The summed E-state index contributed by atoms with van der Waals surface area (Å²) in [6.45, 7) is 0.494. The van der Waals surface area contributed by atoms with Gasteiger partial charge in [-0.1, -0.05) is 12.1 Å². The minimum Gasteiger partial charge on any atom is -0.508 e. The lowest BCUT2D eigenvalue weighted by Gasteiger charge is -2.40. The SMILES string of the molecule is COc1cccc2c1C(=O)c1c(O)c3c(c(O)c1C2=O)C[C@@](O)(C(=O)CO)C[C@@H]3O[C@@H]1CC(N)=C(O)C(C)O1. The number of ether oxygens (including phenoxy) is 3. The van der Waals surface area contributed by atoms with Gasteiger partial charge in [-0.15, -0.1) is 0 Å². The van der Waals surface area contributed by atoms with Gasteiger partial charge in [-0.3, -0.25) is 14.4 Å². The van der Waals surface area contributed by atoms with Crippen molar-refractivity contribution in [2.75, 3.05) is 13.7 Å². The Hall–Kier alpha value is -3.97. The minimum absolute atomic E-state index is 0.0570. The van der Waals surface area contributed by atoms with Crippen molar-refractivity contribution in [1.82, 2.24) is 0 Å². The maximum atomic E-state index is 13.6. The Labute approximate surface area is 221 Å². The molecule has 0 amide bonds. The number of aromatic hydroxyl groups is 2. The summed E-state index contributed by atoms with van der Waals surface area (Å²) in [6.07, 6.45) is -4.50. The van der Waals surface area contributed by atoms with Crippen LogP contribution < -0.4 is 10.5 Å². The summed E-state index contributed by atoms with van der Waals surface area (Å²) < 4.78 is 16.9. The van der Waals surface area contributed by atoms with Crippen LogP contribution in [0.5, 0.6) is 17.2 Å². The van der Waals surface area contributed by atoms with Crippen LogP contribution in [-0.4, -0.2) is 74.6 Å². The highest BCUT2D eigenvalue weighted by atomic mass is 16.7. The summed E-state index contributed by atoms with van der Waals surface area (Å²) in [5, 5.41) is 53.5. The lowest BCUT2D eigenvalue weighted by Crippen LogP contribution is -2.48. The van der Waals surface area contributed by atoms with Gasteiger partial charge < -0.3 is 45.5 Å². The summed E-state index contributed by atoms with van der Waals surface area (Å²) in [4.78, 5) is 39.7. The molecule has 12 heteroatoms. The molecule has 7 N–H and O–H groups in total. The number of hydrogen-bond acceptors (Lipinski definition) is 12. The number of aliphatic hydroxyl groups is 3. The molecule has 1 aliphatic heterocycles. The van der Waals surface area contributed by atoms with Gasteiger partial charge >= 0.3 is 0 Å². The highest BCUT2D eigenvalue weighted by molar-refractivity contribution is 6.31. The molecule has 12 nitrogen and oxygen atoms in total. The molecule has 0 saturated heterocycles. The summed E-state index contributed by atoms with van der Waals surface area (Å²) in [5.41, 5.74) is 2.27. The number of phenols is 2. The number of carbonyl (C=O) groups excluding carboxylic acids is 3. The monoisotopic (exact) mass is 541 g/mol. The van der Waals surface area contributed by atoms with Gasteiger partial charge in [-0.05, 0) is 13.0 Å². The van der Waals surface area contributed by atoms with Crippen LogP contribution in [-0.2, 0) is 20.7 Å². The Morgan fingerprint density at radius 2 is 1.82 bits per heavy atom. The molecule has 0 radical (unpaired) electrons. The second-order valence-corrected chi connectivity index (χ2v) is 9.82. The van der Waals surface area contributed by atoms with E-state index in [-0.39, 0.29) is 45.9 Å². The van der Waals surface area contributed by atoms with E-state index in [9.17, 15) is 39.9 Å². The predicted octanol–water partition coefficient (Wildman–Crippen LogP) is 1.04. The first-order valence-electron chi connectivity index (χ1n) is 12.1. The van der Waals surface area contributed by atoms with Gasteiger partial charge in [0.25, 0.3) is 0 Å². The van der Waals surface area contributed by atoms with E-state index in [1.165, 1.54) is 32.2 Å². The lowest BCUT2D eigenvalue weighted by molar-refractivity contribution is -0.210. The molecule has 2 aromatic rings. The number of carbonyl (C=O) groups is 3. The maximum Gasteiger partial charge on any atom is 0.202 e. The van der Waals surface area contributed by atoms with Crippen LogP contribution in [0, 0.1) is 0 Å². The average Bonchev–Trinajstić information content (AvgIpc) is 2.90. The number of fused-ring (bicyclic) bond motifs is 3. The zero-order valence-corrected chi connectivity index (χ0v) is 21.1. The molecule has 0 spiro atoms. The molecular weight excluding hydrogens is 514 g/mol. The fraction of sp³-hybridized carbons (Fsp3) is 0.370. The normalized spacial score (nSPS) is 26.1. The smallest absolute Gasteiger partial charge is 0.202 e. The van der Waals surface area contributed by atoms with Crippen LogP contribution in [0.4, 0.5) is 0 Å². The van der Waals surface area contributed by atoms with Crippen molar-refractivity contribution in [3.05, 3.63) is 63.0 Å². The number of phenolic OH excluding ortho intramolecular Hbond substituents is 2. The second kappa shape index (κ2) is 9.35. The zero-order chi connectivity index (χ0) is 28.4. The molecule has 39 heavy (non-hydrogen) atoms. The fourth-order valence-corrected chi connectivity index (χ4v) is 5.54. The highest BCUT2D eigenvalue weighted by Gasteiger charge is 2.49. The number of methoxy groups -OCH3 is 1. The van der Waals surface area contributed by atoms with Crippen LogP contribution in [0.15, 0.2) is 29.7 Å². The number of ketones is 3. The Morgan fingerprint density at radius 3 is 2.46 bits per heavy atom.